The number of nitriles is 1. The molecule has 3 aromatic carbocycles. The summed E-state index contributed by atoms with van der Waals surface area (Å²) in [6.45, 7) is 10.2. The van der Waals surface area contributed by atoms with Crippen LogP contribution in [0, 0.1) is 32.1 Å². The quantitative estimate of drug-likeness (QED) is 0.310. The highest BCUT2D eigenvalue weighted by Gasteiger charge is 2.35. The zero-order valence-corrected chi connectivity index (χ0v) is 21.9. The Hall–Kier alpha value is -3.89. The molecule has 0 saturated heterocycles. The molecule has 0 aliphatic heterocycles. The third kappa shape index (κ3) is 3.52. The fourth-order valence-electron chi connectivity index (χ4n) is 5.24. The highest BCUT2D eigenvalue weighted by Crippen LogP contribution is 2.42. The third-order valence-electron chi connectivity index (χ3n) is 7.29. The van der Waals surface area contributed by atoms with Crippen molar-refractivity contribution in [1.29, 1.82) is 5.26 Å². The average molecular weight is 497 g/mol. The molecule has 0 amide bonds. The lowest BCUT2D eigenvalue weighted by molar-refractivity contribution is 0.522. The number of H-pyrrole nitrogens is 1. The van der Waals surface area contributed by atoms with Gasteiger partial charge in [0.25, 0.3) is 10.0 Å². The molecule has 0 aliphatic rings. The van der Waals surface area contributed by atoms with E-state index in [1.165, 1.54) is 3.97 Å². The van der Waals surface area contributed by atoms with Crippen LogP contribution in [0.4, 0.5) is 0 Å². The second-order valence-electron chi connectivity index (χ2n) is 9.69. The molecule has 7 heteroatoms. The fourth-order valence-corrected chi connectivity index (χ4v) is 6.65. The first kappa shape index (κ1) is 23.8. The van der Waals surface area contributed by atoms with Gasteiger partial charge in [-0.1, -0.05) is 30.7 Å². The van der Waals surface area contributed by atoms with Gasteiger partial charge in [-0.25, -0.2) is 17.4 Å². The smallest absolute Gasteiger partial charge is 0.268 e. The molecule has 0 aliphatic carbocycles. The Morgan fingerprint density at radius 3 is 2.42 bits per heavy atom. The van der Waals surface area contributed by atoms with E-state index in [1.54, 1.807) is 24.4 Å². The number of hydrogen-bond acceptors (Lipinski definition) is 4. The molecular weight excluding hydrogens is 468 g/mol. The second-order valence-corrected chi connectivity index (χ2v) is 11.5. The molecule has 1 unspecified atom stereocenters. The van der Waals surface area contributed by atoms with Crippen LogP contribution in [0.5, 0.6) is 0 Å². The molecule has 182 valence electrons. The van der Waals surface area contributed by atoms with Crippen molar-refractivity contribution >= 4 is 32.0 Å². The minimum Gasteiger partial charge on any atom is -0.341 e. The van der Waals surface area contributed by atoms with Crippen molar-refractivity contribution in [3.63, 3.8) is 0 Å². The standard InChI is InChI=1S/C29H28N4O2S/c1-6-29(5,28-31-24-12-9-21(17-30)16-25(24)32-28)26-19(3)15-20(4)27-23(26)13-14-33(27)36(34,35)22-10-7-18(2)8-11-22/h7-16H,6H2,1-5H3,(H,31,32). The largest absolute Gasteiger partial charge is 0.341 e. The molecule has 5 rings (SSSR count). The highest BCUT2D eigenvalue weighted by molar-refractivity contribution is 7.90. The monoisotopic (exact) mass is 496 g/mol. The molecule has 36 heavy (non-hydrogen) atoms. The highest BCUT2D eigenvalue weighted by atomic mass is 32.2. The number of fused-ring (bicyclic) bond motifs is 2. The number of benzene rings is 3. The van der Waals surface area contributed by atoms with Crippen molar-refractivity contribution in [3.8, 4) is 6.07 Å². The Morgan fingerprint density at radius 1 is 1.03 bits per heavy atom. The first-order chi connectivity index (χ1) is 17.1. The lowest BCUT2D eigenvalue weighted by Gasteiger charge is -2.30. The van der Waals surface area contributed by atoms with Crippen molar-refractivity contribution in [2.45, 2.75) is 51.3 Å². The Bertz CT molecular complexity index is 1790. The van der Waals surface area contributed by atoms with Gasteiger partial charge in [-0.05, 0) is 87.2 Å². The van der Waals surface area contributed by atoms with Gasteiger partial charge < -0.3 is 4.98 Å². The summed E-state index contributed by atoms with van der Waals surface area (Å²) in [5, 5.41) is 10.2. The van der Waals surface area contributed by atoms with Crippen LogP contribution < -0.4 is 0 Å². The Morgan fingerprint density at radius 2 is 1.75 bits per heavy atom. The van der Waals surface area contributed by atoms with Crippen molar-refractivity contribution in [3.05, 3.63) is 94.4 Å². The molecular formula is C29H28N4O2S. The predicted molar refractivity (Wildman–Crippen MR) is 143 cm³/mol. The van der Waals surface area contributed by atoms with E-state index in [0.717, 1.165) is 50.9 Å². The number of aromatic nitrogens is 3. The summed E-state index contributed by atoms with van der Waals surface area (Å²) in [4.78, 5) is 8.61. The maximum absolute atomic E-state index is 13.7. The first-order valence-electron chi connectivity index (χ1n) is 11.9. The summed E-state index contributed by atoms with van der Waals surface area (Å²) in [5.41, 5.74) is 6.37. The number of rotatable bonds is 5. The average Bonchev–Trinajstić information content (AvgIpc) is 3.49. The molecule has 0 fully saturated rings. The van der Waals surface area contributed by atoms with Gasteiger partial charge in [0, 0.05) is 11.6 Å². The molecule has 2 heterocycles. The van der Waals surface area contributed by atoms with E-state index < -0.39 is 15.4 Å². The summed E-state index contributed by atoms with van der Waals surface area (Å²) in [7, 11) is -3.77. The maximum atomic E-state index is 13.7. The van der Waals surface area contributed by atoms with E-state index in [4.69, 9.17) is 4.98 Å². The van der Waals surface area contributed by atoms with Crippen LogP contribution in [0.3, 0.4) is 0 Å². The molecule has 0 bridgehead atoms. The van der Waals surface area contributed by atoms with Crippen LogP contribution in [0.15, 0.2) is 65.7 Å². The van der Waals surface area contributed by atoms with Gasteiger partial charge in [-0.2, -0.15) is 5.26 Å². The topological polar surface area (TPSA) is 91.5 Å². The van der Waals surface area contributed by atoms with Crippen LogP contribution >= 0.6 is 0 Å². The maximum Gasteiger partial charge on any atom is 0.268 e. The zero-order chi connectivity index (χ0) is 25.8. The van der Waals surface area contributed by atoms with Gasteiger partial charge in [0.2, 0.25) is 0 Å². The number of aryl methyl sites for hydroxylation is 3. The molecule has 6 nitrogen and oxygen atoms in total. The van der Waals surface area contributed by atoms with Crippen LogP contribution in [-0.4, -0.2) is 22.4 Å². The third-order valence-corrected chi connectivity index (χ3v) is 8.98. The van der Waals surface area contributed by atoms with Crippen LogP contribution in [0.1, 0.15) is 53.9 Å². The van der Waals surface area contributed by atoms with Gasteiger partial charge in [0.1, 0.15) is 5.82 Å². The lowest BCUT2D eigenvalue weighted by Crippen LogP contribution is -2.26. The fraction of sp³-hybridized carbons (Fsp3) is 0.241. The van der Waals surface area contributed by atoms with E-state index in [1.807, 2.05) is 44.2 Å². The number of nitrogens with zero attached hydrogens (tertiary/aromatic N) is 3. The first-order valence-corrected chi connectivity index (χ1v) is 13.4. The molecule has 0 saturated carbocycles. The summed E-state index contributed by atoms with van der Waals surface area (Å²) < 4.78 is 28.7. The number of nitrogens with one attached hydrogen (secondary N) is 1. The van der Waals surface area contributed by atoms with Gasteiger partial charge in [-0.3, -0.25) is 0 Å². The molecule has 0 spiro atoms. The van der Waals surface area contributed by atoms with Crippen molar-refractivity contribution in [1.82, 2.24) is 13.9 Å². The van der Waals surface area contributed by atoms with E-state index in [2.05, 4.69) is 37.9 Å². The molecule has 1 atom stereocenters. The van der Waals surface area contributed by atoms with E-state index in [-0.39, 0.29) is 4.90 Å². The number of imidazole rings is 1. The zero-order valence-electron chi connectivity index (χ0n) is 21.0. The molecule has 5 aromatic rings. The van der Waals surface area contributed by atoms with E-state index >= 15 is 0 Å². The SMILES string of the molecule is CCC(C)(c1nc2ccc(C#N)cc2[nH]1)c1c(C)cc(C)c2c1ccn2S(=O)(=O)c1ccc(C)cc1. The summed E-state index contributed by atoms with van der Waals surface area (Å²) in [6.07, 6.45) is 2.40. The van der Waals surface area contributed by atoms with Gasteiger partial charge in [0.15, 0.2) is 0 Å². The molecule has 0 radical (unpaired) electrons. The van der Waals surface area contributed by atoms with Crippen molar-refractivity contribution in [2.75, 3.05) is 0 Å². The lowest BCUT2D eigenvalue weighted by atomic mass is 9.75. The summed E-state index contributed by atoms with van der Waals surface area (Å²) in [6, 6.07) is 18.5. The molecule has 2 aromatic heterocycles. The molecule has 1 N–H and O–H groups in total. The van der Waals surface area contributed by atoms with Gasteiger partial charge in [0.05, 0.1) is 38.5 Å². The number of aromatic amines is 1. The van der Waals surface area contributed by atoms with Crippen molar-refractivity contribution in [2.24, 2.45) is 0 Å². The Kier molecular flexibility index (Phi) is 5.53. The normalized spacial score (nSPS) is 13.7. The Labute approximate surface area is 211 Å². The minimum absolute atomic E-state index is 0.260. The second kappa shape index (κ2) is 8.35. The van der Waals surface area contributed by atoms with Crippen LogP contribution in [0.2, 0.25) is 0 Å². The summed E-state index contributed by atoms with van der Waals surface area (Å²) in [5.74, 6) is 0.789. The van der Waals surface area contributed by atoms with Crippen LogP contribution in [-0.2, 0) is 15.4 Å². The van der Waals surface area contributed by atoms with E-state index in [0.29, 0.717) is 11.1 Å². The Balaban J connectivity index is 1.76. The van der Waals surface area contributed by atoms with Gasteiger partial charge in [-0.15, -0.1) is 0 Å². The number of hydrogen-bond donors (Lipinski definition) is 1. The van der Waals surface area contributed by atoms with Crippen LogP contribution in [0.25, 0.3) is 21.9 Å². The minimum atomic E-state index is -3.77. The summed E-state index contributed by atoms with van der Waals surface area (Å²) >= 11 is 0. The van der Waals surface area contributed by atoms with Crippen molar-refractivity contribution < 1.29 is 8.42 Å². The van der Waals surface area contributed by atoms with E-state index in [9.17, 15) is 13.7 Å². The predicted octanol–water partition coefficient (Wildman–Crippen LogP) is 6.27. The van der Waals surface area contributed by atoms with Gasteiger partial charge >= 0.3 is 0 Å².